The molecule has 0 saturated heterocycles. The number of rotatable bonds is 6. The molecule has 1 heterocycles. The lowest BCUT2D eigenvalue weighted by Gasteiger charge is -2.11. The minimum atomic E-state index is -0.365. The van der Waals surface area contributed by atoms with E-state index in [1.807, 2.05) is 50.4 Å². The number of H-pyrrole nitrogens is 1. The molecule has 0 saturated carbocycles. The number of nitrogens with one attached hydrogen (secondary N) is 1. The second-order valence-electron chi connectivity index (χ2n) is 7.10. The number of hydrogen-bond acceptors (Lipinski definition) is 4. The van der Waals surface area contributed by atoms with E-state index >= 15 is 0 Å². The van der Waals surface area contributed by atoms with Gasteiger partial charge in [-0.2, -0.15) is 10.5 Å². The van der Waals surface area contributed by atoms with Gasteiger partial charge in [0.1, 0.15) is 0 Å². The van der Waals surface area contributed by atoms with Crippen molar-refractivity contribution in [2.45, 2.75) is 32.8 Å². The molecule has 0 unspecified atom stereocenters. The van der Waals surface area contributed by atoms with Crippen LogP contribution in [0.2, 0.25) is 0 Å². The van der Waals surface area contributed by atoms with Crippen LogP contribution in [0.15, 0.2) is 54.7 Å². The predicted molar refractivity (Wildman–Crippen MR) is 109 cm³/mol. The van der Waals surface area contributed by atoms with E-state index < -0.39 is 0 Å². The average molecular weight is 383 g/mol. The van der Waals surface area contributed by atoms with Crippen molar-refractivity contribution in [3.8, 4) is 12.1 Å². The van der Waals surface area contributed by atoms with Crippen LogP contribution in [-0.4, -0.2) is 17.1 Å². The highest BCUT2D eigenvalue weighted by Crippen LogP contribution is 2.23. The molecule has 2 aromatic carbocycles. The number of esters is 1. The van der Waals surface area contributed by atoms with Crippen molar-refractivity contribution in [3.05, 3.63) is 93.8 Å². The first-order valence-electron chi connectivity index (χ1n) is 9.38. The summed E-state index contributed by atoms with van der Waals surface area (Å²) in [7, 11) is 0. The van der Waals surface area contributed by atoms with Gasteiger partial charge in [0.15, 0.2) is 0 Å². The van der Waals surface area contributed by atoms with Crippen LogP contribution in [0.1, 0.15) is 57.7 Å². The first kappa shape index (κ1) is 19.9. The minimum Gasteiger partial charge on any atom is -0.459 e. The van der Waals surface area contributed by atoms with E-state index in [9.17, 15) is 4.79 Å². The highest BCUT2D eigenvalue weighted by atomic mass is 16.5. The summed E-state index contributed by atoms with van der Waals surface area (Å²) in [6.45, 7) is 3.64. The highest BCUT2D eigenvalue weighted by molar-refractivity contribution is 5.93. The van der Waals surface area contributed by atoms with Crippen LogP contribution in [-0.2, 0) is 17.6 Å². The quantitative estimate of drug-likeness (QED) is 0.634. The molecule has 0 amide bonds. The maximum Gasteiger partial charge on any atom is 0.340 e. The van der Waals surface area contributed by atoms with Gasteiger partial charge in [-0.25, -0.2) is 4.79 Å². The molecular formula is C24H21N3O2. The molecular weight excluding hydrogens is 362 g/mol. The van der Waals surface area contributed by atoms with Crippen molar-refractivity contribution in [1.82, 2.24) is 4.98 Å². The van der Waals surface area contributed by atoms with Crippen LogP contribution in [0.4, 0.5) is 0 Å². The zero-order valence-corrected chi connectivity index (χ0v) is 16.4. The lowest BCUT2D eigenvalue weighted by atomic mass is 9.99. The Morgan fingerprint density at radius 3 is 2.38 bits per heavy atom. The van der Waals surface area contributed by atoms with Crippen LogP contribution in [0.25, 0.3) is 0 Å². The fraction of sp³-hybridized carbons (Fsp3) is 0.208. The van der Waals surface area contributed by atoms with Crippen molar-refractivity contribution < 1.29 is 9.53 Å². The molecule has 5 nitrogen and oxygen atoms in total. The summed E-state index contributed by atoms with van der Waals surface area (Å²) < 4.78 is 5.48. The standard InChI is InChI=1S/C24H21N3O2/c1-16(2)29-24(28)23-21(11-19-4-3-5-20(10-19)14-26)15-27-22(23)12-17-6-8-18(13-25)9-7-17/h3-10,15-16,27H,11-12H2,1-2H3. The lowest BCUT2D eigenvalue weighted by Crippen LogP contribution is -2.14. The van der Waals surface area contributed by atoms with Gasteiger partial charge in [0.25, 0.3) is 0 Å². The fourth-order valence-corrected chi connectivity index (χ4v) is 3.19. The van der Waals surface area contributed by atoms with Gasteiger partial charge >= 0.3 is 5.97 Å². The van der Waals surface area contributed by atoms with E-state index in [1.54, 1.807) is 18.2 Å². The Kier molecular flexibility index (Phi) is 6.12. The normalized spacial score (nSPS) is 10.4. The summed E-state index contributed by atoms with van der Waals surface area (Å²) in [6, 6.07) is 18.9. The number of aromatic nitrogens is 1. The molecule has 5 heteroatoms. The summed E-state index contributed by atoms with van der Waals surface area (Å²) in [5.41, 5.74) is 5.25. The van der Waals surface area contributed by atoms with Gasteiger partial charge in [-0.1, -0.05) is 24.3 Å². The average Bonchev–Trinajstić information content (AvgIpc) is 3.10. The molecule has 144 valence electrons. The van der Waals surface area contributed by atoms with E-state index in [1.165, 1.54) is 0 Å². The second-order valence-corrected chi connectivity index (χ2v) is 7.10. The van der Waals surface area contributed by atoms with Gasteiger partial charge < -0.3 is 9.72 Å². The molecule has 1 N–H and O–H groups in total. The Morgan fingerprint density at radius 1 is 1.00 bits per heavy atom. The van der Waals surface area contributed by atoms with E-state index in [-0.39, 0.29) is 12.1 Å². The molecule has 3 rings (SSSR count). The van der Waals surface area contributed by atoms with Gasteiger partial charge in [-0.05, 0) is 61.2 Å². The number of aromatic amines is 1. The number of benzene rings is 2. The van der Waals surface area contributed by atoms with Crippen LogP contribution in [0.5, 0.6) is 0 Å². The lowest BCUT2D eigenvalue weighted by molar-refractivity contribution is 0.0376. The number of carbonyl (C=O) groups excluding carboxylic acids is 1. The van der Waals surface area contributed by atoms with Gasteiger partial charge in [0, 0.05) is 18.3 Å². The smallest absolute Gasteiger partial charge is 0.340 e. The Labute approximate surface area is 170 Å². The Balaban J connectivity index is 1.94. The number of ether oxygens (including phenoxy) is 1. The first-order valence-corrected chi connectivity index (χ1v) is 9.38. The first-order chi connectivity index (χ1) is 14.0. The SMILES string of the molecule is CC(C)OC(=O)c1c(Cc2cccc(C#N)c2)c[nH]c1Cc1ccc(C#N)cc1. The largest absolute Gasteiger partial charge is 0.459 e. The fourth-order valence-electron chi connectivity index (χ4n) is 3.19. The topological polar surface area (TPSA) is 89.7 Å². The molecule has 0 radical (unpaired) electrons. The Bertz CT molecular complexity index is 1100. The molecule has 0 atom stereocenters. The molecule has 29 heavy (non-hydrogen) atoms. The Morgan fingerprint density at radius 2 is 1.72 bits per heavy atom. The van der Waals surface area contributed by atoms with Gasteiger partial charge in [0.2, 0.25) is 0 Å². The molecule has 3 aromatic rings. The van der Waals surface area contributed by atoms with Crippen LogP contribution < -0.4 is 0 Å². The second kappa shape index (κ2) is 8.91. The molecule has 1 aromatic heterocycles. The van der Waals surface area contributed by atoms with Crippen molar-refractivity contribution in [1.29, 1.82) is 10.5 Å². The maximum absolute atomic E-state index is 12.8. The van der Waals surface area contributed by atoms with Gasteiger partial charge in [0.05, 0.1) is 34.9 Å². The van der Waals surface area contributed by atoms with Crippen LogP contribution in [0, 0.1) is 22.7 Å². The molecule has 0 aliphatic heterocycles. The van der Waals surface area contributed by atoms with E-state index in [0.29, 0.717) is 29.5 Å². The number of carbonyl (C=O) groups is 1. The Hall–Kier alpha value is -3.83. The highest BCUT2D eigenvalue weighted by Gasteiger charge is 2.21. The van der Waals surface area contributed by atoms with Crippen molar-refractivity contribution in [3.63, 3.8) is 0 Å². The summed E-state index contributed by atoms with van der Waals surface area (Å²) >= 11 is 0. The molecule has 0 bridgehead atoms. The molecule has 0 fully saturated rings. The number of nitrogens with zero attached hydrogens (tertiary/aromatic N) is 2. The third-order valence-electron chi connectivity index (χ3n) is 4.50. The predicted octanol–water partition coefficient (Wildman–Crippen LogP) is 4.50. The van der Waals surface area contributed by atoms with Crippen LogP contribution >= 0.6 is 0 Å². The summed E-state index contributed by atoms with van der Waals surface area (Å²) in [6.07, 6.45) is 2.64. The van der Waals surface area contributed by atoms with Gasteiger partial charge in [-0.3, -0.25) is 0 Å². The number of nitriles is 2. The number of hydrogen-bond donors (Lipinski definition) is 1. The zero-order chi connectivity index (χ0) is 20.8. The van der Waals surface area contributed by atoms with E-state index in [4.69, 9.17) is 15.3 Å². The zero-order valence-electron chi connectivity index (χ0n) is 16.4. The van der Waals surface area contributed by atoms with Gasteiger partial charge in [-0.15, -0.1) is 0 Å². The van der Waals surface area contributed by atoms with E-state index in [0.717, 1.165) is 22.4 Å². The molecule has 0 aliphatic carbocycles. The third-order valence-corrected chi connectivity index (χ3v) is 4.50. The van der Waals surface area contributed by atoms with Crippen molar-refractivity contribution >= 4 is 5.97 Å². The van der Waals surface area contributed by atoms with E-state index in [2.05, 4.69) is 17.1 Å². The molecule has 0 aliphatic rings. The summed E-state index contributed by atoms with van der Waals surface area (Å²) in [5, 5.41) is 18.1. The monoisotopic (exact) mass is 383 g/mol. The molecule has 0 spiro atoms. The van der Waals surface area contributed by atoms with Crippen molar-refractivity contribution in [2.75, 3.05) is 0 Å². The maximum atomic E-state index is 12.8. The summed E-state index contributed by atoms with van der Waals surface area (Å²) in [4.78, 5) is 16.0. The van der Waals surface area contributed by atoms with Crippen LogP contribution in [0.3, 0.4) is 0 Å². The third kappa shape index (κ3) is 4.91. The van der Waals surface area contributed by atoms with Crippen molar-refractivity contribution in [2.24, 2.45) is 0 Å². The minimum absolute atomic E-state index is 0.227. The summed E-state index contributed by atoms with van der Waals surface area (Å²) in [5.74, 6) is -0.365.